The lowest BCUT2D eigenvalue weighted by Crippen LogP contribution is -2.63. The molecule has 0 aromatic carbocycles. The molecule has 0 radical (unpaired) electrons. The number of ether oxygens (including phenoxy) is 1. The van der Waals surface area contributed by atoms with E-state index in [1.807, 2.05) is 0 Å². The number of aliphatic hydroxyl groups excluding tert-OH is 1. The Morgan fingerprint density at radius 2 is 2.58 bits per heavy atom. The van der Waals surface area contributed by atoms with Gasteiger partial charge in [-0.05, 0) is 13.0 Å². The van der Waals surface area contributed by atoms with Gasteiger partial charge in [0.1, 0.15) is 5.92 Å². The second kappa shape index (κ2) is 2.57. The topological polar surface area (TPSA) is 49.8 Å². The third kappa shape index (κ3) is 0.884. The van der Waals surface area contributed by atoms with Crippen LogP contribution in [0.5, 0.6) is 0 Å². The van der Waals surface area contributed by atoms with Crippen molar-refractivity contribution in [1.82, 2.24) is 4.90 Å². The molecule has 2 rings (SSSR count). The average Bonchev–Trinajstić information content (AvgIpc) is 2.03. The molecule has 4 heteroatoms. The largest absolute Gasteiger partial charge is 0.392 e. The van der Waals surface area contributed by atoms with Crippen LogP contribution in [0.25, 0.3) is 0 Å². The lowest BCUT2D eigenvalue weighted by molar-refractivity contribution is -0.196. The Labute approximate surface area is 70.4 Å². The molecule has 0 aliphatic carbocycles. The standard InChI is InChI=1S/C8H11NO3/c1-5(10)6-7(11)9-3-2-4-12-8(6)9/h2-3,5-6,8,10H,4H2,1H3/t5?,6?,8-/m1/s1. The number of amides is 1. The van der Waals surface area contributed by atoms with Gasteiger partial charge in [-0.3, -0.25) is 9.69 Å². The van der Waals surface area contributed by atoms with E-state index in [0.717, 1.165) is 0 Å². The fourth-order valence-corrected chi connectivity index (χ4v) is 1.61. The number of carbonyl (C=O) groups excluding carboxylic acids is 1. The SMILES string of the molecule is CC(O)C1C(=O)N2C=CCO[C@H]12. The highest BCUT2D eigenvalue weighted by Crippen LogP contribution is 2.32. The van der Waals surface area contributed by atoms with Crippen LogP contribution < -0.4 is 0 Å². The molecule has 2 heterocycles. The van der Waals surface area contributed by atoms with Crippen LogP contribution in [0, 0.1) is 5.92 Å². The first-order chi connectivity index (χ1) is 5.72. The van der Waals surface area contributed by atoms with Crippen molar-refractivity contribution < 1.29 is 14.6 Å². The van der Waals surface area contributed by atoms with Crippen LogP contribution >= 0.6 is 0 Å². The molecule has 3 atom stereocenters. The third-order valence-corrected chi connectivity index (χ3v) is 2.27. The van der Waals surface area contributed by atoms with E-state index in [-0.39, 0.29) is 18.1 Å². The van der Waals surface area contributed by atoms with E-state index in [2.05, 4.69) is 0 Å². The van der Waals surface area contributed by atoms with Gasteiger partial charge < -0.3 is 9.84 Å². The van der Waals surface area contributed by atoms with E-state index in [9.17, 15) is 9.90 Å². The summed E-state index contributed by atoms with van der Waals surface area (Å²) in [4.78, 5) is 12.8. The quantitative estimate of drug-likeness (QED) is 0.548. The van der Waals surface area contributed by atoms with Gasteiger partial charge in [0.25, 0.3) is 0 Å². The minimum atomic E-state index is -0.620. The minimum Gasteiger partial charge on any atom is -0.392 e. The normalized spacial score (nSPS) is 35.8. The smallest absolute Gasteiger partial charge is 0.238 e. The predicted octanol–water partition coefficient (Wildman–Crippen LogP) is -0.304. The number of hydrogen-bond acceptors (Lipinski definition) is 3. The second-order valence-corrected chi connectivity index (χ2v) is 3.12. The van der Waals surface area contributed by atoms with Gasteiger partial charge in [0, 0.05) is 6.20 Å². The summed E-state index contributed by atoms with van der Waals surface area (Å²) < 4.78 is 5.28. The fourth-order valence-electron chi connectivity index (χ4n) is 1.61. The number of nitrogens with zero attached hydrogens (tertiary/aromatic N) is 1. The number of aliphatic hydroxyl groups is 1. The summed E-state index contributed by atoms with van der Waals surface area (Å²) in [5, 5.41) is 9.23. The van der Waals surface area contributed by atoms with Crippen molar-refractivity contribution in [1.29, 1.82) is 0 Å². The van der Waals surface area contributed by atoms with Gasteiger partial charge in [-0.25, -0.2) is 0 Å². The molecule has 2 unspecified atom stereocenters. The molecule has 2 aliphatic rings. The van der Waals surface area contributed by atoms with Crippen LogP contribution in [-0.2, 0) is 9.53 Å². The summed E-state index contributed by atoms with van der Waals surface area (Å²) in [6.07, 6.45) is 2.65. The molecule has 0 spiro atoms. The lowest BCUT2D eigenvalue weighted by Gasteiger charge is -2.47. The van der Waals surface area contributed by atoms with Gasteiger partial charge in [-0.2, -0.15) is 0 Å². The van der Waals surface area contributed by atoms with E-state index in [1.165, 1.54) is 4.90 Å². The first kappa shape index (κ1) is 7.76. The summed E-state index contributed by atoms with van der Waals surface area (Å²) in [7, 11) is 0. The number of β-lactam (4-membered cyclic amide) rings is 1. The molecule has 0 bridgehead atoms. The maximum atomic E-state index is 11.3. The van der Waals surface area contributed by atoms with Crippen LogP contribution in [0.2, 0.25) is 0 Å². The Morgan fingerprint density at radius 3 is 3.25 bits per heavy atom. The van der Waals surface area contributed by atoms with Gasteiger partial charge in [0.2, 0.25) is 5.91 Å². The van der Waals surface area contributed by atoms with Gasteiger partial charge in [-0.1, -0.05) is 0 Å². The van der Waals surface area contributed by atoms with Crippen LogP contribution in [0.4, 0.5) is 0 Å². The molecule has 0 saturated carbocycles. The molecule has 0 aromatic rings. The van der Waals surface area contributed by atoms with Crippen molar-refractivity contribution in [2.45, 2.75) is 19.3 Å². The first-order valence-corrected chi connectivity index (χ1v) is 4.00. The zero-order valence-corrected chi connectivity index (χ0v) is 6.80. The van der Waals surface area contributed by atoms with Gasteiger partial charge >= 0.3 is 0 Å². The highest BCUT2D eigenvalue weighted by molar-refractivity contribution is 5.87. The summed E-state index contributed by atoms with van der Waals surface area (Å²) in [6, 6.07) is 0. The zero-order chi connectivity index (χ0) is 8.72. The number of hydrogen-bond donors (Lipinski definition) is 1. The Morgan fingerprint density at radius 1 is 1.83 bits per heavy atom. The van der Waals surface area contributed by atoms with Crippen LogP contribution in [0.1, 0.15) is 6.92 Å². The Kier molecular flexibility index (Phi) is 1.66. The zero-order valence-electron chi connectivity index (χ0n) is 6.80. The highest BCUT2D eigenvalue weighted by Gasteiger charge is 2.50. The van der Waals surface area contributed by atoms with E-state index in [1.54, 1.807) is 19.2 Å². The van der Waals surface area contributed by atoms with E-state index >= 15 is 0 Å². The van der Waals surface area contributed by atoms with Gasteiger partial charge in [0.05, 0.1) is 12.7 Å². The first-order valence-electron chi connectivity index (χ1n) is 4.00. The molecule has 0 aromatic heterocycles. The Balaban J connectivity index is 2.13. The van der Waals surface area contributed by atoms with Crippen molar-refractivity contribution >= 4 is 5.91 Å². The molecule has 1 fully saturated rings. The average molecular weight is 169 g/mol. The van der Waals surface area contributed by atoms with E-state index in [0.29, 0.717) is 6.61 Å². The maximum Gasteiger partial charge on any atom is 0.238 e. The van der Waals surface area contributed by atoms with Crippen LogP contribution in [0.15, 0.2) is 12.3 Å². The number of rotatable bonds is 1. The molecule has 1 saturated heterocycles. The van der Waals surface area contributed by atoms with Crippen molar-refractivity contribution in [3.63, 3.8) is 0 Å². The van der Waals surface area contributed by atoms with Gasteiger partial charge in [0.15, 0.2) is 6.23 Å². The Bertz CT molecular complexity index is 236. The maximum absolute atomic E-state index is 11.3. The fraction of sp³-hybridized carbons (Fsp3) is 0.625. The summed E-state index contributed by atoms with van der Waals surface area (Å²) in [6.45, 7) is 2.14. The summed E-state index contributed by atoms with van der Waals surface area (Å²) in [5.41, 5.74) is 0. The molecular formula is C8H11NO3. The Hall–Kier alpha value is -0.870. The lowest BCUT2D eigenvalue weighted by atomic mass is 9.90. The highest BCUT2D eigenvalue weighted by atomic mass is 16.5. The molecule has 2 aliphatic heterocycles. The second-order valence-electron chi connectivity index (χ2n) is 3.12. The van der Waals surface area contributed by atoms with Crippen LogP contribution in [-0.4, -0.2) is 34.9 Å². The van der Waals surface area contributed by atoms with Crippen LogP contribution in [0.3, 0.4) is 0 Å². The van der Waals surface area contributed by atoms with E-state index in [4.69, 9.17) is 4.74 Å². The number of carbonyl (C=O) groups is 1. The third-order valence-electron chi connectivity index (χ3n) is 2.27. The molecule has 1 amide bonds. The minimum absolute atomic E-state index is 0.0500. The van der Waals surface area contributed by atoms with Crippen molar-refractivity contribution in [2.75, 3.05) is 6.61 Å². The molecule has 1 N–H and O–H groups in total. The molecule has 66 valence electrons. The summed E-state index contributed by atoms with van der Waals surface area (Å²) >= 11 is 0. The monoisotopic (exact) mass is 169 g/mol. The summed E-state index contributed by atoms with van der Waals surface area (Å²) in [5.74, 6) is -0.416. The van der Waals surface area contributed by atoms with E-state index < -0.39 is 6.10 Å². The molecule has 4 nitrogen and oxygen atoms in total. The van der Waals surface area contributed by atoms with Crippen molar-refractivity contribution in [3.05, 3.63) is 12.3 Å². The predicted molar refractivity (Wildman–Crippen MR) is 40.9 cm³/mol. The van der Waals surface area contributed by atoms with Gasteiger partial charge in [-0.15, -0.1) is 0 Å². The molecule has 12 heavy (non-hydrogen) atoms. The van der Waals surface area contributed by atoms with Crippen molar-refractivity contribution in [3.8, 4) is 0 Å². The number of fused-ring (bicyclic) bond motifs is 1. The molecular weight excluding hydrogens is 158 g/mol. The van der Waals surface area contributed by atoms with Crippen molar-refractivity contribution in [2.24, 2.45) is 5.92 Å².